The molecule has 0 aromatic heterocycles. The molecule has 0 heterocycles. The molecular weight excluding hydrogens is 258 g/mol. The molecule has 18 heavy (non-hydrogen) atoms. The smallest absolute Gasteiger partial charge is 0.346 e. The van der Waals surface area contributed by atoms with Gasteiger partial charge in [0.15, 0.2) is 5.57 Å². The number of para-hydroxylation sites is 1. The summed E-state index contributed by atoms with van der Waals surface area (Å²) in [5, 5.41) is 3.21. The van der Waals surface area contributed by atoms with Crippen molar-refractivity contribution in [3.05, 3.63) is 41.1 Å². The van der Waals surface area contributed by atoms with Gasteiger partial charge in [-0.3, -0.25) is 0 Å². The number of benzene rings is 1. The van der Waals surface area contributed by atoms with Gasteiger partial charge in [-0.2, -0.15) is 0 Å². The van der Waals surface area contributed by atoms with Gasteiger partial charge in [0, 0.05) is 6.20 Å². The average molecular weight is 270 g/mol. The van der Waals surface area contributed by atoms with Crippen LogP contribution in [0.25, 0.3) is 0 Å². The van der Waals surface area contributed by atoms with E-state index in [1.165, 1.54) is 20.4 Å². The third-order valence-electron chi connectivity index (χ3n) is 2.06. The molecule has 1 aromatic carbocycles. The highest BCUT2D eigenvalue weighted by Gasteiger charge is 2.19. The van der Waals surface area contributed by atoms with E-state index >= 15 is 0 Å². The maximum atomic E-state index is 11.4. The van der Waals surface area contributed by atoms with E-state index in [4.69, 9.17) is 11.6 Å². The van der Waals surface area contributed by atoms with E-state index in [0.717, 1.165) is 0 Å². The number of nitrogens with one attached hydrogen (secondary N) is 1. The summed E-state index contributed by atoms with van der Waals surface area (Å²) in [4.78, 5) is 22.7. The molecule has 1 rings (SSSR count). The van der Waals surface area contributed by atoms with Gasteiger partial charge in [0.1, 0.15) is 0 Å². The summed E-state index contributed by atoms with van der Waals surface area (Å²) in [7, 11) is 2.35. The van der Waals surface area contributed by atoms with Gasteiger partial charge in [0.05, 0.1) is 24.9 Å². The zero-order valence-corrected chi connectivity index (χ0v) is 10.7. The second-order valence-electron chi connectivity index (χ2n) is 3.17. The monoisotopic (exact) mass is 269 g/mol. The number of methoxy groups -OCH3 is 2. The Morgan fingerprint density at radius 3 is 2.22 bits per heavy atom. The van der Waals surface area contributed by atoms with Gasteiger partial charge in [-0.05, 0) is 12.1 Å². The van der Waals surface area contributed by atoms with Crippen LogP contribution in [0.4, 0.5) is 5.69 Å². The van der Waals surface area contributed by atoms with Crippen LogP contribution in [0.3, 0.4) is 0 Å². The minimum atomic E-state index is -0.790. The number of rotatable bonds is 4. The normalized spacial score (nSPS) is 9.28. The quantitative estimate of drug-likeness (QED) is 0.392. The lowest BCUT2D eigenvalue weighted by molar-refractivity contribution is -0.144. The number of anilines is 1. The summed E-state index contributed by atoms with van der Waals surface area (Å²) in [5.74, 6) is -1.58. The maximum Gasteiger partial charge on any atom is 0.346 e. The number of hydrogen-bond acceptors (Lipinski definition) is 5. The fourth-order valence-electron chi connectivity index (χ4n) is 1.15. The third kappa shape index (κ3) is 3.49. The van der Waals surface area contributed by atoms with E-state index in [9.17, 15) is 9.59 Å². The first kappa shape index (κ1) is 14.1. The van der Waals surface area contributed by atoms with E-state index in [1.54, 1.807) is 24.3 Å². The van der Waals surface area contributed by atoms with Crippen LogP contribution in [0.2, 0.25) is 5.02 Å². The van der Waals surface area contributed by atoms with Gasteiger partial charge >= 0.3 is 11.9 Å². The molecule has 1 aromatic rings. The van der Waals surface area contributed by atoms with Crippen LogP contribution < -0.4 is 5.32 Å². The van der Waals surface area contributed by atoms with Crippen LogP contribution in [0.15, 0.2) is 36.0 Å². The number of esters is 2. The fourth-order valence-corrected chi connectivity index (χ4v) is 1.34. The fraction of sp³-hybridized carbons (Fsp3) is 0.167. The number of ether oxygens (including phenoxy) is 2. The van der Waals surface area contributed by atoms with Crippen molar-refractivity contribution in [3.8, 4) is 0 Å². The molecule has 6 heteroatoms. The lowest BCUT2D eigenvalue weighted by Crippen LogP contribution is -2.17. The highest BCUT2D eigenvalue weighted by atomic mass is 35.5. The summed E-state index contributed by atoms with van der Waals surface area (Å²) in [5.41, 5.74) is 0.310. The van der Waals surface area contributed by atoms with Crippen LogP contribution in [-0.2, 0) is 19.1 Å². The molecule has 0 fully saturated rings. The van der Waals surface area contributed by atoms with Crippen LogP contribution >= 0.6 is 11.6 Å². The zero-order chi connectivity index (χ0) is 13.5. The van der Waals surface area contributed by atoms with Crippen LogP contribution in [0.1, 0.15) is 0 Å². The second kappa shape index (κ2) is 6.66. The Kier molecular flexibility index (Phi) is 5.20. The topological polar surface area (TPSA) is 64.6 Å². The second-order valence-corrected chi connectivity index (χ2v) is 3.57. The molecule has 0 saturated carbocycles. The van der Waals surface area contributed by atoms with Gasteiger partial charge in [0.25, 0.3) is 0 Å². The molecule has 1 N–H and O–H groups in total. The predicted molar refractivity (Wildman–Crippen MR) is 67.2 cm³/mol. The Labute approximate surface area is 109 Å². The van der Waals surface area contributed by atoms with Crippen LogP contribution in [-0.4, -0.2) is 26.2 Å². The SMILES string of the molecule is COC(=O)C(=CNc1ccccc1Cl)C(=O)OC. The van der Waals surface area contributed by atoms with E-state index in [0.29, 0.717) is 10.7 Å². The summed E-state index contributed by atoms with van der Waals surface area (Å²) in [6.45, 7) is 0. The Hall–Kier alpha value is -2.01. The van der Waals surface area contributed by atoms with Crippen LogP contribution in [0, 0.1) is 0 Å². The molecule has 5 nitrogen and oxygen atoms in total. The summed E-state index contributed by atoms with van der Waals surface area (Å²) >= 11 is 5.91. The molecule has 0 aliphatic heterocycles. The van der Waals surface area contributed by atoms with Gasteiger partial charge < -0.3 is 14.8 Å². The van der Waals surface area contributed by atoms with Gasteiger partial charge in [-0.25, -0.2) is 9.59 Å². The van der Waals surface area contributed by atoms with E-state index < -0.39 is 11.9 Å². The van der Waals surface area contributed by atoms with Crippen molar-refractivity contribution in [2.24, 2.45) is 0 Å². The highest BCUT2D eigenvalue weighted by molar-refractivity contribution is 6.33. The molecule has 0 atom stereocenters. The summed E-state index contributed by atoms with van der Waals surface area (Å²) in [6.07, 6.45) is 1.19. The lowest BCUT2D eigenvalue weighted by Gasteiger charge is -2.06. The molecule has 96 valence electrons. The van der Waals surface area contributed by atoms with Gasteiger partial charge in [-0.1, -0.05) is 23.7 Å². The van der Waals surface area contributed by atoms with Crippen molar-refractivity contribution in [2.45, 2.75) is 0 Å². The Morgan fingerprint density at radius 2 is 1.72 bits per heavy atom. The molecule has 0 aliphatic rings. The molecule has 0 radical (unpaired) electrons. The van der Waals surface area contributed by atoms with Crippen molar-refractivity contribution in [2.75, 3.05) is 19.5 Å². The molecule has 0 saturated heterocycles. The Bertz CT molecular complexity index is 467. The lowest BCUT2D eigenvalue weighted by atomic mass is 10.3. The largest absolute Gasteiger partial charge is 0.465 e. The molecule has 0 amide bonds. The van der Waals surface area contributed by atoms with E-state index in [1.807, 2.05) is 0 Å². The first-order valence-corrected chi connectivity index (χ1v) is 5.35. The predicted octanol–water partition coefficient (Wildman–Crippen LogP) is 1.98. The number of hydrogen-bond donors (Lipinski definition) is 1. The number of carbonyl (C=O) groups excluding carboxylic acids is 2. The highest BCUT2D eigenvalue weighted by Crippen LogP contribution is 2.20. The molecular formula is C12H12ClNO4. The first-order valence-electron chi connectivity index (χ1n) is 4.98. The van der Waals surface area contributed by atoms with Crippen molar-refractivity contribution in [1.29, 1.82) is 0 Å². The summed E-state index contributed by atoms with van der Waals surface area (Å²) < 4.78 is 8.95. The standard InChI is InChI=1S/C12H12ClNO4/c1-17-11(15)8(12(16)18-2)7-14-10-6-4-3-5-9(10)13/h3-7,14H,1-2H3. The summed E-state index contributed by atoms with van der Waals surface area (Å²) in [6, 6.07) is 6.90. The minimum absolute atomic E-state index is 0.250. The first-order chi connectivity index (χ1) is 8.60. The molecule has 0 unspecified atom stereocenters. The zero-order valence-electron chi connectivity index (χ0n) is 9.90. The van der Waals surface area contributed by atoms with E-state index in [2.05, 4.69) is 14.8 Å². The Morgan fingerprint density at radius 1 is 1.17 bits per heavy atom. The number of halogens is 1. The van der Waals surface area contributed by atoms with Gasteiger partial charge in [-0.15, -0.1) is 0 Å². The number of carbonyl (C=O) groups is 2. The van der Waals surface area contributed by atoms with Crippen molar-refractivity contribution < 1.29 is 19.1 Å². The van der Waals surface area contributed by atoms with Crippen molar-refractivity contribution in [3.63, 3.8) is 0 Å². The third-order valence-corrected chi connectivity index (χ3v) is 2.39. The van der Waals surface area contributed by atoms with E-state index in [-0.39, 0.29) is 5.57 Å². The average Bonchev–Trinajstić information content (AvgIpc) is 2.40. The molecule has 0 bridgehead atoms. The molecule has 0 aliphatic carbocycles. The van der Waals surface area contributed by atoms with Gasteiger partial charge in [0.2, 0.25) is 0 Å². The van der Waals surface area contributed by atoms with Crippen molar-refractivity contribution in [1.82, 2.24) is 0 Å². The molecule has 0 spiro atoms. The van der Waals surface area contributed by atoms with Crippen molar-refractivity contribution >= 4 is 29.2 Å². The Balaban J connectivity index is 2.94. The maximum absolute atomic E-state index is 11.4. The minimum Gasteiger partial charge on any atom is -0.465 e. The van der Waals surface area contributed by atoms with Crippen LogP contribution in [0.5, 0.6) is 0 Å².